The third kappa shape index (κ3) is 3.60. The summed E-state index contributed by atoms with van der Waals surface area (Å²) in [7, 11) is 0. The minimum absolute atomic E-state index is 0.541. The molecule has 1 aromatic carbocycles. The van der Waals surface area contributed by atoms with Crippen LogP contribution >= 0.6 is 39.1 Å². The molecule has 0 atom stereocenters. The highest BCUT2D eigenvalue weighted by Crippen LogP contribution is 2.25. The summed E-state index contributed by atoms with van der Waals surface area (Å²) in [5.74, 6) is 0. The SMILES string of the molecule is Clc1ccc(NCc2cccc(Br)n2)cc1Cl. The minimum atomic E-state index is 0.541. The second-order valence-corrected chi connectivity index (χ2v) is 5.06. The molecule has 88 valence electrons. The molecule has 0 unspecified atom stereocenters. The van der Waals surface area contributed by atoms with Crippen molar-refractivity contribution in [1.82, 2.24) is 4.98 Å². The zero-order chi connectivity index (χ0) is 12.3. The van der Waals surface area contributed by atoms with Crippen LogP contribution < -0.4 is 5.32 Å². The van der Waals surface area contributed by atoms with Crippen molar-refractivity contribution in [1.29, 1.82) is 0 Å². The second kappa shape index (κ2) is 5.71. The van der Waals surface area contributed by atoms with E-state index in [2.05, 4.69) is 26.2 Å². The van der Waals surface area contributed by atoms with Crippen LogP contribution in [0.15, 0.2) is 41.0 Å². The van der Waals surface area contributed by atoms with Gasteiger partial charge in [-0.3, -0.25) is 0 Å². The van der Waals surface area contributed by atoms with Crippen molar-refractivity contribution < 1.29 is 0 Å². The molecule has 0 amide bonds. The van der Waals surface area contributed by atoms with Crippen molar-refractivity contribution in [2.45, 2.75) is 6.54 Å². The van der Waals surface area contributed by atoms with Crippen LogP contribution in [-0.4, -0.2) is 4.98 Å². The summed E-state index contributed by atoms with van der Waals surface area (Å²) < 4.78 is 0.825. The molecule has 0 radical (unpaired) electrons. The lowest BCUT2D eigenvalue weighted by Gasteiger charge is -2.07. The molecule has 0 spiro atoms. The fourth-order valence-electron chi connectivity index (χ4n) is 1.35. The average Bonchev–Trinajstić information content (AvgIpc) is 2.31. The van der Waals surface area contributed by atoms with E-state index in [1.807, 2.05) is 24.3 Å². The van der Waals surface area contributed by atoms with Gasteiger partial charge >= 0.3 is 0 Å². The van der Waals surface area contributed by atoms with Crippen molar-refractivity contribution >= 4 is 44.8 Å². The van der Waals surface area contributed by atoms with Gasteiger partial charge in [0.2, 0.25) is 0 Å². The van der Waals surface area contributed by atoms with Gasteiger partial charge in [-0.2, -0.15) is 0 Å². The zero-order valence-electron chi connectivity index (χ0n) is 8.75. The van der Waals surface area contributed by atoms with Crippen LogP contribution in [0.2, 0.25) is 10.0 Å². The van der Waals surface area contributed by atoms with Crippen molar-refractivity contribution in [3.8, 4) is 0 Å². The Hall–Kier alpha value is -0.770. The van der Waals surface area contributed by atoms with Crippen molar-refractivity contribution in [2.75, 3.05) is 5.32 Å². The molecule has 0 fully saturated rings. The number of benzene rings is 1. The third-order valence-electron chi connectivity index (χ3n) is 2.17. The van der Waals surface area contributed by atoms with E-state index in [1.54, 1.807) is 12.1 Å². The van der Waals surface area contributed by atoms with Gasteiger partial charge in [0.25, 0.3) is 0 Å². The fraction of sp³-hybridized carbons (Fsp3) is 0.0833. The highest BCUT2D eigenvalue weighted by atomic mass is 79.9. The Balaban J connectivity index is 2.05. The van der Waals surface area contributed by atoms with Crippen LogP contribution in [0.25, 0.3) is 0 Å². The molecule has 1 N–H and O–H groups in total. The van der Waals surface area contributed by atoms with Gasteiger partial charge in [-0.15, -0.1) is 0 Å². The van der Waals surface area contributed by atoms with Crippen LogP contribution in [0.1, 0.15) is 5.69 Å². The second-order valence-electron chi connectivity index (χ2n) is 3.43. The van der Waals surface area contributed by atoms with Gasteiger partial charge in [0.05, 0.1) is 22.3 Å². The number of nitrogens with one attached hydrogen (secondary N) is 1. The van der Waals surface area contributed by atoms with E-state index < -0.39 is 0 Å². The van der Waals surface area contributed by atoms with Gasteiger partial charge in [-0.25, -0.2) is 4.98 Å². The largest absolute Gasteiger partial charge is 0.379 e. The highest BCUT2D eigenvalue weighted by Gasteiger charge is 2.00. The Morgan fingerprint density at radius 1 is 1.12 bits per heavy atom. The molecule has 2 nitrogen and oxygen atoms in total. The topological polar surface area (TPSA) is 24.9 Å². The van der Waals surface area contributed by atoms with E-state index in [-0.39, 0.29) is 0 Å². The monoisotopic (exact) mass is 330 g/mol. The number of aromatic nitrogens is 1. The maximum atomic E-state index is 5.93. The predicted molar refractivity (Wildman–Crippen MR) is 75.7 cm³/mol. The Kier molecular flexibility index (Phi) is 4.26. The van der Waals surface area contributed by atoms with Crippen LogP contribution in [0.5, 0.6) is 0 Å². The lowest BCUT2D eigenvalue weighted by atomic mass is 10.3. The standard InChI is InChI=1S/C12H9BrCl2N2/c13-12-3-1-2-9(17-12)7-16-8-4-5-10(14)11(15)6-8/h1-6,16H,7H2. The maximum absolute atomic E-state index is 5.93. The molecule has 0 saturated heterocycles. The number of rotatable bonds is 3. The van der Waals surface area contributed by atoms with Gasteiger partial charge in [0, 0.05) is 5.69 Å². The summed E-state index contributed by atoms with van der Waals surface area (Å²) in [6, 6.07) is 11.2. The number of halogens is 3. The number of nitrogens with zero attached hydrogens (tertiary/aromatic N) is 1. The minimum Gasteiger partial charge on any atom is -0.379 e. The Bertz CT molecular complexity index is 532. The summed E-state index contributed by atoms with van der Waals surface area (Å²) in [4.78, 5) is 4.32. The van der Waals surface area contributed by atoms with Gasteiger partial charge in [-0.05, 0) is 46.3 Å². The Morgan fingerprint density at radius 2 is 1.94 bits per heavy atom. The quantitative estimate of drug-likeness (QED) is 0.820. The molecule has 1 aromatic heterocycles. The average molecular weight is 332 g/mol. The van der Waals surface area contributed by atoms with E-state index in [0.29, 0.717) is 16.6 Å². The summed E-state index contributed by atoms with van der Waals surface area (Å²) >= 11 is 15.1. The Labute approximate surface area is 118 Å². The molecule has 0 bridgehead atoms. The lowest BCUT2D eigenvalue weighted by molar-refractivity contribution is 1.03. The predicted octanol–water partition coefficient (Wildman–Crippen LogP) is 4.76. The van der Waals surface area contributed by atoms with Gasteiger partial charge in [0.1, 0.15) is 4.60 Å². The summed E-state index contributed by atoms with van der Waals surface area (Å²) in [6.07, 6.45) is 0. The lowest BCUT2D eigenvalue weighted by Crippen LogP contribution is -2.01. The number of hydrogen-bond donors (Lipinski definition) is 1. The number of anilines is 1. The molecule has 5 heteroatoms. The number of pyridine rings is 1. The first kappa shape index (κ1) is 12.7. The molecule has 0 aliphatic rings. The van der Waals surface area contributed by atoms with Crippen LogP contribution in [0, 0.1) is 0 Å². The first-order valence-corrected chi connectivity index (χ1v) is 6.50. The summed E-state index contributed by atoms with van der Waals surface area (Å²) in [5, 5.41) is 4.32. The molecule has 0 aliphatic carbocycles. The maximum Gasteiger partial charge on any atom is 0.106 e. The molecule has 17 heavy (non-hydrogen) atoms. The molecular formula is C12H9BrCl2N2. The van der Waals surface area contributed by atoms with Crippen molar-refractivity contribution in [3.63, 3.8) is 0 Å². The third-order valence-corrected chi connectivity index (χ3v) is 3.35. The van der Waals surface area contributed by atoms with E-state index in [0.717, 1.165) is 16.0 Å². The smallest absolute Gasteiger partial charge is 0.106 e. The first-order valence-electron chi connectivity index (χ1n) is 4.95. The Morgan fingerprint density at radius 3 is 2.65 bits per heavy atom. The molecule has 0 aliphatic heterocycles. The van der Waals surface area contributed by atoms with Gasteiger partial charge < -0.3 is 5.32 Å². The highest BCUT2D eigenvalue weighted by molar-refractivity contribution is 9.10. The van der Waals surface area contributed by atoms with E-state index >= 15 is 0 Å². The van der Waals surface area contributed by atoms with E-state index in [4.69, 9.17) is 23.2 Å². The van der Waals surface area contributed by atoms with E-state index in [1.165, 1.54) is 0 Å². The van der Waals surface area contributed by atoms with Crippen LogP contribution in [0.4, 0.5) is 5.69 Å². The fourth-order valence-corrected chi connectivity index (χ4v) is 2.03. The summed E-state index contributed by atoms with van der Waals surface area (Å²) in [5.41, 5.74) is 1.87. The van der Waals surface area contributed by atoms with Crippen molar-refractivity contribution in [3.05, 3.63) is 56.7 Å². The van der Waals surface area contributed by atoms with E-state index in [9.17, 15) is 0 Å². The van der Waals surface area contributed by atoms with Crippen LogP contribution in [0.3, 0.4) is 0 Å². The van der Waals surface area contributed by atoms with Crippen molar-refractivity contribution in [2.24, 2.45) is 0 Å². The molecule has 0 saturated carbocycles. The van der Waals surface area contributed by atoms with Gasteiger partial charge in [-0.1, -0.05) is 29.3 Å². The molecule has 1 heterocycles. The summed E-state index contributed by atoms with van der Waals surface area (Å²) in [6.45, 7) is 0.636. The first-order chi connectivity index (χ1) is 8.15. The van der Waals surface area contributed by atoms with Crippen LogP contribution in [-0.2, 0) is 6.54 Å². The normalized spacial score (nSPS) is 10.3. The molecular weight excluding hydrogens is 323 g/mol. The molecule has 2 aromatic rings. The zero-order valence-corrected chi connectivity index (χ0v) is 11.9. The van der Waals surface area contributed by atoms with Gasteiger partial charge in [0.15, 0.2) is 0 Å². The number of hydrogen-bond acceptors (Lipinski definition) is 2. The molecule has 2 rings (SSSR count).